The minimum Gasteiger partial charge on any atom is -0.507 e. The van der Waals surface area contributed by atoms with Gasteiger partial charge in [-0.1, -0.05) is 132 Å². The van der Waals surface area contributed by atoms with Crippen molar-refractivity contribution < 1.29 is 19.5 Å². The first kappa shape index (κ1) is 37.7. The van der Waals surface area contributed by atoms with Crippen LogP contribution >= 0.6 is 0 Å². The van der Waals surface area contributed by atoms with E-state index in [9.17, 15) is 19.5 Å². The Morgan fingerprint density at radius 3 is 1.66 bits per heavy atom. The molecule has 1 aromatic heterocycles. The first-order chi connectivity index (χ1) is 24.5. The first-order valence-corrected chi connectivity index (χ1v) is 18.5. The summed E-state index contributed by atoms with van der Waals surface area (Å²) in [4.78, 5) is 50.4. The lowest BCUT2D eigenvalue weighted by Crippen LogP contribution is -2.28. The van der Waals surface area contributed by atoms with Crippen LogP contribution in [0.3, 0.4) is 0 Å². The summed E-state index contributed by atoms with van der Waals surface area (Å²) in [5.41, 5.74) is 6.66. The van der Waals surface area contributed by atoms with Crippen molar-refractivity contribution in [1.29, 1.82) is 0 Å². The molecule has 53 heavy (non-hydrogen) atoms. The van der Waals surface area contributed by atoms with E-state index in [4.69, 9.17) is 4.99 Å². The van der Waals surface area contributed by atoms with Gasteiger partial charge in [-0.2, -0.15) is 0 Å². The van der Waals surface area contributed by atoms with E-state index in [-0.39, 0.29) is 46.1 Å². The zero-order valence-electron chi connectivity index (χ0n) is 33.3. The Labute approximate surface area is 313 Å². The third-order valence-corrected chi connectivity index (χ3v) is 10.2. The number of aromatic hydroxyl groups is 1. The van der Waals surface area contributed by atoms with Crippen molar-refractivity contribution in [3.63, 3.8) is 0 Å². The maximum Gasteiger partial charge on any atom is 0.189 e. The lowest BCUT2D eigenvalue weighted by Gasteiger charge is -2.31. The highest BCUT2D eigenvalue weighted by Gasteiger charge is 2.36. The number of allylic oxidation sites excluding steroid dienone is 5. The van der Waals surface area contributed by atoms with Crippen LogP contribution in [0, 0.1) is 10.8 Å². The third kappa shape index (κ3) is 6.92. The van der Waals surface area contributed by atoms with Gasteiger partial charge in [0.25, 0.3) is 0 Å². The number of H-pyrrole nitrogens is 1. The molecule has 3 aromatic carbocycles. The number of rotatable bonds is 5. The second-order valence-electron chi connectivity index (χ2n) is 18.6. The van der Waals surface area contributed by atoms with Gasteiger partial charge in [0.15, 0.2) is 17.3 Å². The van der Waals surface area contributed by atoms with Gasteiger partial charge in [-0.25, -0.2) is 4.99 Å². The first-order valence-electron chi connectivity index (χ1n) is 18.5. The predicted octanol–water partition coefficient (Wildman–Crippen LogP) is 11.0. The fourth-order valence-corrected chi connectivity index (χ4v) is 7.31. The van der Waals surface area contributed by atoms with Crippen molar-refractivity contribution in [2.24, 2.45) is 15.8 Å². The number of hydrogen-bond acceptors (Lipinski definition) is 5. The van der Waals surface area contributed by atoms with Gasteiger partial charge in [0.1, 0.15) is 11.5 Å². The van der Waals surface area contributed by atoms with Gasteiger partial charge >= 0.3 is 0 Å². The van der Waals surface area contributed by atoms with Gasteiger partial charge in [0, 0.05) is 49.7 Å². The summed E-state index contributed by atoms with van der Waals surface area (Å²) in [5, 5.41) is 13.0. The largest absolute Gasteiger partial charge is 0.507 e. The van der Waals surface area contributed by atoms with Gasteiger partial charge in [-0.05, 0) is 51.5 Å². The lowest BCUT2D eigenvalue weighted by molar-refractivity contribution is -0.114. The average molecular weight is 709 g/mol. The van der Waals surface area contributed by atoms with E-state index in [2.05, 4.69) is 46.5 Å². The van der Waals surface area contributed by atoms with Crippen LogP contribution in [0.4, 0.5) is 0 Å². The van der Waals surface area contributed by atoms with Gasteiger partial charge in [0.05, 0.1) is 23.5 Å². The van der Waals surface area contributed by atoms with E-state index >= 15 is 0 Å². The zero-order chi connectivity index (χ0) is 39.0. The number of carbonyl (C=O) groups excluding carboxylic acids is 3. The number of Topliss-reactive ketones (excluding diaryl/α,β-unsaturated/α-hetero) is 3. The van der Waals surface area contributed by atoms with Crippen LogP contribution in [0.5, 0.6) is 5.75 Å². The molecule has 1 aliphatic carbocycles. The minimum absolute atomic E-state index is 0.0283. The molecule has 2 heterocycles. The number of aliphatic imine (C=N–C) groups is 1. The van der Waals surface area contributed by atoms with Gasteiger partial charge in [-0.15, -0.1) is 0 Å². The van der Waals surface area contributed by atoms with Crippen LogP contribution in [-0.4, -0.2) is 33.2 Å². The molecule has 4 aromatic rings. The highest BCUT2D eigenvalue weighted by atomic mass is 16.3. The molecule has 0 radical (unpaired) electrons. The molecule has 6 heteroatoms. The highest BCUT2D eigenvalue weighted by molar-refractivity contribution is 6.51. The van der Waals surface area contributed by atoms with E-state index in [1.165, 1.54) is 0 Å². The molecule has 2 N–H and O–H groups in total. The number of nitrogens with one attached hydrogen (secondary N) is 1. The molecular formula is C47H52N2O4. The summed E-state index contributed by atoms with van der Waals surface area (Å²) >= 11 is 0. The van der Waals surface area contributed by atoms with Crippen LogP contribution < -0.4 is 0 Å². The monoisotopic (exact) mass is 708 g/mol. The van der Waals surface area contributed by atoms with E-state index < -0.39 is 10.8 Å². The molecule has 0 atom stereocenters. The van der Waals surface area contributed by atoms with E-state index in [0.29, 0.717) is 28.1 Å². The number of aromatic nitrogens is 1. The smallest absolute Gasteiger partial charge is 0.189 e. The second-order valence-corrected chi connectivity index (χ2v) is 18.6. The number of ketones is 3. The summed E-state index contributed by atoms with van der Waals surface area (Å²) in [7, 11) is 0. The molecule has 0 unspecified atom stereocenters. The minimum atomic E-state index is -0.402. The van der Waals surface area contributed by atoms with E-state index in [1.54, 1.807) is 0 Å². The zero-order valence-corrected chi connectivity index (χ0v) is 33.3. The van der Waals surface area contributed by atoms with Crippen molar-refractivity contribution >= 4 is 39.5 Å². The van der Waals surface area contributed by atoms with Crippen LogP contribution in [0.15, 0.2) is 94.5 Å². The summed E-state index contributed by atoms with van der Waals surface area (Å²) < 4.78 is 0. The maximum atomic E-state index is 14.2. The molecule has 0 saturated heterocycles. The lowest BCUT2D eigenvalue weighted by atomic mass is 9.71. The quantitative estimate of drug-likeness (QED) is 0.159. The number of phenolic OH excluding ortho intramolecular Hbond substituents is 1. The molecule has 6 rings (SSSR count). The Kier molecular flexibility index (Phi) is 9.08. The summed E-state index contributed by atoms with van der Waals surface area (Å²) in [6.45, 7) is 24.6. The molecule has 0 spiro atoms. The number of fused-ring (bicyclic) bond motifs is 2. The molecule has 2 aliphatic rings. The highest BCUT2D eigenvalue weighted by Crippen LogP contribution is 2.45. The number of aromatic amines is 1. The topological polar surface area (TPSA) is 99.6 Å². The van der Waals surface area contributed by atoms with Crippen LogP contribution in [0.25, 0.3) is 27.7 Å². The van der Waals surface area contributed by atoms with Gasteiger partial charge in [0.2, 0.25) is 0 Å². The molecule has 0 bridgehead atoms. The van der Waals surface area contributed by atoms with Crippen molar-refractivity contribution in [3.8, 4) is 17.0 Å². The summed E-state index contributed by atoms with van der Waals surface area (Å²) in [6, 6.07) is 19.3. The fraction of sp³-hybridized carbons (Fsp3) is 0.362. The number of nitrogens with zero attached hydrogens (tertiary/aromatic N) is 1. The fourth-order valence-electron chi connectivity index (χ4n) is 7.31. The Hall–Kier alpha value is -5.10. The number of hydrogen-bond donors (Lipinski definition) is 2. The standard InChI is InChI=1S/C47H52N2O4/c1-44(2,3)32-21-26(22-33(42(32)52)45(4,5)6)38-28-17-13-15-19-30(28)40(48-38)36(50)25-37(51)41-31-20-16-14-18-29(31)39(49-41)27-23-34(46(7,8)9)43(53)35(24-27)47(10,11)12/h13-24,48,52H,25H2,1-12H3. The number of phenols is 1. The normalized spacial score (nSPS) is 15.4. The maximum absolute atomic E-state index is 14.2. The SMILES string of the molecule is CC(C)(C)C1=CC(=C2N=C(C(=O)CC(=O)c3[nH]c(-c4cc(C(C)(C)C)c(O)c(C(C)(C)C)c4)c4ccccc34)c3ccccc32)C=C(C(C)(C)C)C1=O. The number of benzene rings is 3. The second kappa shape index (κ2) is 12.8. The Balaban J connectivity index is 1.44. The number of carbonyl (C=O) groups is 3. The van der Waals surface area contributed by atoms with Crippen LogP contribution in [0.1, 0.15) is 122 Å². The molecule has 6 nitrogen and oxygen atoms in total. The third-order valence-electron chi connectivity index (χ3n) is 10.2. The molecule has 0 saturated carbocycles. The predicted molar refractivity (Wildman–Crippen MR) is 217 cm³/mol. The van der Waals surface area contributed by atoms with Crippen molar-refractivity contribution in [2.45, 2.75) is 100 Å². The van der Waals surface area contributed by atoms with Gasteiger partial charge < -0.3 is 10.1 Å². The Morgan fingerprint density at radius 1 is 0.660 bits per heavy atom. The van der Waals surface area contributed by atoms with E-state index in [0.717, 1.165) is 44.3 Å². The Bertz CT molecular complexity index is 2270. The van der Waals surface area contributed by atoms with E-state index in [1.807, 2.05) is 114 Å². The van der Waals surface area contributed by atoms with Crippen LogP contribution in [0.2, 0.25) is 0 Å². The molecule has 1 aliphatic heterocycles. The molecule has 0 amide bonds. The van der Waals surface area contributed by atoms with Crippen molar-refractivity contribution in [3.05, 3.63) is 117 Å². The summed E-state index contributed by atoms with van der Waals surface area (Å²) in [5.74, 6) is -0.397. The average Bonchev–Trinajstić information content (AvgIpc) is 3.63. The molecule has 0 fully saturated rings. The van der Waals surface area contributed by atoms with Crippen molar-refractivity contribution in [2.75, 3.05) is 0 Å². The van der Waals surface area contributed by atoms with Gasteiger partial charge in [-0.3, -0.25) is 14.4 Å². The molecule has 274 valence electrons. The van der Waals surface area contributed by atoms with Crippen molar-refractivity contribution in [1.82, 2.24) is 4.98 Å². The Morgan fingerprint density at radius 2 is 1.15 bits per heavy atom. The summed E-state index contributed by atoms with van der Waals surface area (Å²) in [6.07, 6.45) is 3.45. The molecular weight excluding hydrogens is 657 g/mol. The van der Waals surface area contributed by atoms with Crippen LogP contribution in [-0.2, 0) is 20.4 Å².